The minimum absolute atomic E-state index is 0.0690. The Labute approximate surface area is 165 Å². The first-order chi connectivity index (χ1) is 13.1. The fourth-order valence-electron chi connectivity index (χ4n) is 3.64. The van der Waals surface area contributed by atoms with Crippen molar-refractivity contribution < 1.29 is 17.9 Å². The van der Waals surface area contributed by atoms with Gasteiger partial charge in [-0.3, -0.25) is 4.79 Å². The molecule has 1 saturated carbocycles. The molecule has 6 nitrogen and oxygen atoms in total. The number of carbonyl (C=O) groups is 1. The Bertz CT molecular complexity index is 1030. The van der Waals surface area contributed by atoms with Crippen molar-refractivity contribution in [2.24, 2.45) is 10.6 Å². The molecule has 0 radical (unpaired) electrons. The van der Waals surface area contributed by atoms with Crippen LogP contribution in [-0.2, 0) is 10.0 Å². The highest BCUT2D eigenvalue weighted by atomic mass is 32.2. The predicted octanol–water partition coefficient (Wildman–Crippen LogP) is 2.91. The van der Waals surface area contributed by atoms with Crippen LogP contribution in [0.2, 0.25) is 0 Å². The van der Waals surface area contributed by atoms with Crippen molar-refractivity contribution in [3.63, 3.8) is 0 Å². The quantitative estimate of drug-likeness (QED) is 0.779. The molecule has 0 aliphatic heterocycles. The maximum atomic E-state index is 12.9. The summed E-state index contributed by atoms with van der Waals surface area (Å²) in [6.07, 6.45) is 1.67. The van der Waals surface area contributed by atoms with Gasteiger partial charge in [0.15, 0.2) is 0 Å². The molecule has 3 N–H and O–H groups in total. The number of rotatable bonds is 6. The number of primary sulfonamides is 1. The Hall–Kier alpha value is -2.64. The van der Waals surface area contributed by atoms with E-state index in [1.54, 1.807) is 30.3 Å². The highest BCUT2D eigenvalue weighted by Crippen LogP contribution is 2.58. The van der Waals surface area contributed by atoms with E-state index in [1.165, 1.54) is 19.2 Å². The van der Waals surface area contributed by atoms with E-state index in [2.05, 4.69) is 25.7 Å². The van der Waals surface area contributed by atoms with Gasteiger partial charge in [0.2, 0.25) is 10.0 Å². The number of nitrogens with two attached hydrogens (primary N) is 1. The summed E-state index contributed by atoms with van der Waals surface area (Å²) in [6, 6.07) is 11.7. The second-order valence-electron chi connectivity index (χ2n) is 7.53. The zero-order chi connectivity index (χ0) is 20.7. The van der Waals surface area contributed by atoms with Crippen LogP contribution < -0.4 is 15.2 Å². The summed E-state index contributed by atoms with van der Waals surface area (Å²) in [7, 11) is -2.20. The van der Waals surface area contributed by atoms with Gasteiger partial charge in [0, 0.05) is 12.0 Å². The summed E-state index contributed by atoms with van der Waals surface area (Å²) in [5.74, 6) is 0.345. The van der Waals surface area contributed by atoms with Crippen LogP contribution >= 0.6 is 0 Å². The standard InChI is InChI=1S/C21H24N2O4S/c1-5-13-6-11-17(27-4)16(12-13)20(24)23-19-18(21(19,2)3)14-7-9-15(10-8-14)28(22,25)26/h5-12,18-19H,1H2,2-4H3,(H,23,24)(H2,22,25,26)/t18-,19-/m1/s1. The normalized spacial score (nSPS) is 20.3. The first-order valence-corrected chi connectivity index (χ1v) is 10.4. The predicted molar refractivity (Wildman–Crippen MR) is 109 cm³/mol. The molecule has 148 valence electrons. The van der Waals surface area contributed by atoms with Crippen molar-refractivity contribution in [2.45, 2.75) is 30.7 Å². The summed E-state index contributed by atoms with van der Waals surface area (Å²) in [4.78, 5) is 12.9. The molecule has 1 amide bonds. The van der Waals surface area contributed by atoms with Crippen LogP contribution in [0.25, 0.3) is 6.08 Å². The smallest absolute Gasteiger partial charge is 0.255 e. The topological polar surface area (TPSA) is 98.5 Å². The molecule has 2 aromatic rings. The molecule has 0 aromatic heterocycles. The van der Waals surface area contributed by atoms with Crippen LogP contribution in [0, 0.1) is 5.41 Å². The molecular formula is C21H24N2O4S. The third-order valence-corrected chi connectivity index (χ3v) is 6.31. The molecule has 1 aliphatic carbocycles. The lowest BCUT2D eigenvalue weighted by atomic mass is 10.0. The fraction of sp³-hybridized carbons (Fsp3) is 0.286. The van der Waals surface area contributed by atoms with Gasteiger partial charge in [-0.2, -0.15) is 0 Å². The molecule has 28 heavy (non-hydrogen) atoms. The number of hydrogen-bond donors (Lipinski definition) is 2. The average Bonchev–Trinajstić information content (AvgIpc) is 3.20. The van der Waals surface area contributed by atoms with Gasteiger partial charge in [0.1, 0.15) is 5.75 Å². The highest BCUT2D eigenvalue weighted by Gasteiger charge is 2.59. The number of ether oxygens (including phenoxy) is 1. The molecule has 2 aromatic carbocycles. The Morgan fingerprint density at radius 3 is 2.39 bits per heavy atom. The van der Waals surface area contributed by atoms with Crippen LogP contribution in [-0.4, -0.2) is 27.5 Å². The minimum Gasteiger partial charge on any atom is -0.496 e. The van der Waals surface area contributed by atoms with Crippen LogP contribution in [0.3, 0.4) is 0 Å². The second kappa shape index (κ2) is 7.07. The van der Waals surface area contributed by atoms with E-state index in [-0.39, 0.29) is 28.2 Å². The molecule has 0 saturated heterocycles. The summed E-state index contributed by atoms with van der Waals surface area (Å²) >= 11 is 0. The number of nitrogens with one attached hydrogen (secondary N) is 1. The number of amides is 1. The number of methoxy groups -OCH3 is 1. The SMILES string of the molecule is C=Cc1ccc(OC)c(C(=O)N[C@@H]2[C@@H](c3ccc(S(N)(=O)=O)cc3)C2(C)C)c1. The third kappa shape index (κ3) is 3.68. The van der Waals surface area contributed by atoms with Crippen molar-refractivity contribution in [3.8, 4) is 5.75 Å². The number of carbonyl (C=O) groups excluding carboxylic acids is 1. The van der Waals surface area contributed by atoms with Crippen molar-refractivity contribution in [2.75, 3.05) is 7.11 Å². The summed E-state index contributed by atoms with van der Waals surface area (Å²) in [5.41, 5.74) is 2.07. The minimum atomic E-state index is -3.73. The zero-order valence-electron chi connectivity index (χ0n) is 16.1. The fourth-order valence-corrected chi connectivity index (χ4v) is 4.16. The molecule has 1 aliphatic rings. The second-order valence-corrected chi connectivity index (χ2v) is 9.09. The van der Waals surface area contributed by atoms with Crippen LogP contribution in [0.15, 0.2) is 53.9 Å². The van der Waals surface area contributed by atoms with Crippen molar-refractivity contribution >= 4 is 22.0 Å². The molecule has 0 bridgehead atoms. The van der Waals surface area contributed by atoms with E-state index in [1.807, 2.05) is 6.07 Å². The van der Waals surface area contributed by atoms with Gasteiger partial charge in [-0.25, -0.2) is 13.6 Å². The lowest BCUT2D eigenvalue weighted by Crippen LogP contribution is -2.29. The Balaban J connectivity index is 1.82. The zero-order valence-corrected chi connectivity index (χ0v) is 16.9. The van der Waals surface area contributed by atoms with Crippen molar-refractivity contribution in [1.29, 1.82) is 0 Å². The van der Waals surface area contributed by atoms with Crippen molar-refractivity contribution in [1.82, 2.24) is 5.32 Å². The van der Waals surface area contributed by atoms with Crippen LogP contribution in [0.5, 0.6) is 5.75 Å². The average molecular weight is 401 g/mol. The van der Waals surface area contributed by atoms with E-state index in [9.17, 15) is 13.2 Å². The van der Waals surface area contributed by atoms with E-state index >= 15 is 0 Å². The molecular weight excluding hydrogens is 376 g/mol. The first kappa shape index (κ1) is 20.1. The van der Waals surface area contributed by atoms with Gasteiger partial charge in [0.25, 0.3) is 5.91 Å². The molecule has 0 unspecified atom stereocenters. The number of benzene rings is 2. The van der Waals surface area contributed by atoms with Gasteiger partial charge < -0.3 is 10.1 Å². The number of sulfonamides is 1. The van der Waals surface area contributed by atoms with E-state index in [0.29, 0.717) is 11.3 Å². The monoisotopic (exact) mass is 400 g/mol. The maximum absolute atomic E-state index is 12.9. The van der Waals surface area contributed by atoms with Gasteiger partial charge in [-0.1, -0.05) is 44.7 Å². The third-order valence-electron chi connectivity index (χ3n) is 5.39. The molecule has 1 fully saturated rings. The van der Waals surface area contributed by atoms with Gasteiger partial charge >= 0.3 is 0 Å². The Kier molecular flexibility index (Phi) is 5.08. The van der Waals surface area contributed by atoms with E-state index in [4.69, 9.17) is 9.88 Å². The van der Waals surface area contributed by atoms with Crippen LogP contribution in [0.1, 0.15) is 41.3 Å². The van der Waals surface area contributed by atoms with Crippen molar-refractivity contribution in [3.05, 3.63) is 65.7 Å². The van der Waals surface area contributed by atoms with Gasteiger partial charge in [-0.05, 0) is 40.8 Å². The lowest BCUT2D eigenvalue weighted by Gasteiger charge is -2.11. The molecule has 2 atom stereocenters. The van der Waals surface area contributed by atoms with Gasteiger partial charge in [-0.15, -0.1) is 0 Å². The summed E-state index contributed by atoms with van der Waals surface area (Å²) in [5, 5.41) is 8.24. The first-order valence-electron chi connectivity index (χ1n) is 8.83. The largest absolute Gasteiger partial charge is 0.496 e. The summed E-state index contributed by atoms with van der Waals surface area (Å²) in [6.45, 7) is 7.86. The molecule has 3 rings (SSSR count). The van der Waals surface area contributed by atoms with E-state index < -0.39 is 10.0 Å². The lowest BCUT2D eigenvalue weighted by molar-refractivity contribution is 0.0943. The number of hydrogen-bond acceptors (Lipinski definition) is 4. The molecule has 0 heterocycles. The maximum Gasteiger partial charge on any atom is 0.255 e. The Morgan fingerprint density at radius 2 is 1.86 bits per heavy atom. The summed E-state index contributed by atoms with van der Waals surface area (Å²) < 4.78 is 28.2. The Morgan fingerprint density at radius 1 is 1.21 bits per heavy atom. The molecule has 7 heteroatoms. The molecule has 0 spiro atoms. The van der Waals surface area contributed by atoms with E-state index in [0.717, 1.165) is 11.1 Å². The van der Waals surface area contributed by atoms with Gasteiger partial charge in [0.05, 0.1) is 17.6 Å². The highest BCUT2D eigenvalue weighted by molar-refractivity contribution is 7.89. The van der Waals surface area contributed by atoms with Crippen LogP contribution in [0.4, 0.5) is 0 Å².